The third-order valence-corrected chi connectivity index (χ3v) is 7.92. The summed E-state index contributed by atoms with van der Waals surface area (Å²) in [5.74, 6) is 1.98. The fourth-order valence-corrected chi connectivity index (χ4v) is 5.84. The summed E-state index contributed by atoms with van der Waals surface area (Å²) in [6.07, 6.45) is 0. The molecule has 7 aromatic carbocycles. The van der Waals surface area contributed by atoms with Gasteiger partial charge in [-0.15, -0.1) is 0 Å². The van der Waals surface area contributed by atoms with E-state index < -0.39 is 0 Å². The molecule has 42 heavy (non-hydrogen) atoms. The van der Waals surface area contributed by atoms with E-state index in [9.17, 15) is 0 Å². The minimum Gasteiger partial charge on any atom is -0.208 e. The molecular formula is C39H25N3. The molecule has 0 N–H and O–H groups in total. The van der Waals surface area contributed by atoms with E-state index >= 15 is 0 Å². The van der Waals surface area contributed by atoms with Crippen molar-refractivity contribution in [3.8, 4) is 45.3 Å². The first-order chi connectivity index (χ1) is 20.8. The van der Waals surface area contributed by atoms with E-state index in [1.165, 1.54) is 32.5 Å². The van der Waals surface area contributed by atoms with Crippen LogP contribution in [0.15, 0.2) is 152 Å². The molecule has 0 spiro atoms. The van der Waals surface area contributed by atoms with Crippen LogP contribution in [-0.4, -0.2) is 15.0 Å². The van der Waals surface area contributed by atoms with Gasteiger partial charge in [-0.25, -0.2) is 15.0 Å². The fraction of sp³-hybridized carbons (Fsp3) is 0. The Hall–Kier alpha value is -5.67. The Morgan fingerprint density at radius 1 is 0.286 bits per heavy atom. The van der Waals surface area contributed by atoms with Gasteiger partial charge >= 0.3 is 0 Å². The summed E-state index contributed by atoms with van der Waals surface area (Å²) >= 11 is 0. The topological polar surface area (TPSA) is 38.7 Å². The molecule has 0 aliphatic rings. The molecule has 0 fully saturated rings. The Kier molecular flexibility index (Phi) is 5.79. The number of nitrogens with zero attached hydrogens (tertiary/aromatic N) is 3. The number of hydrogen-bond acceptors (Lipinski definition) is 3. The van der Waals surface area contributed by atoms with E-state index in [0.29, 0.717) is 17.5 Å². The van der Waals surface area contributed by atoms with E-state index in [1.807, 2.05) is 36.4 Å². The van der Waals surface area contributed by atoms with Crippen molar-refractivity contribution < 1.29 is 0 Å². The van der Waals surface area contributed by atoms with Gasteiger partial charge in [0.25, 0.3) is 0 Å². The summed E-state index contributed by atoms with van der Waals surface area (Å²) in [4.78, 5) is 15.1. The zero-order valence-corrected chi connectivity index (χ0v) is 22.8. The van der Waals surface area contributed by atoms with Gasteiger partial charge in [-0.2, -0.15) is 0 Å². The summed E-state index contributed by atoms with van der Waals surface area (Å²) < 4.78 is 0. The molecule has 196 valence electrons. The van der Waals surface area contributed by atoms with E-state index in [4.69, 9.17) is 15.0 Å². The average molecular weight is 536 g/mol. The fourth-order valence-electron chi connectivity index (χ4n) is 5.84. The summed E-state index contributed by atoms with van der Waals surface area (Å²) in [6.45, 7) is 0. The van der Waals surface area contributed by atoms with Crippen LogP contribution in [0.5, 0.6) is 0 Å². The molecule has 0 saturated carbocycles. The molecule has 3 heteroatoms. The van der Waals surface area contributed by atoms with Crippen LogP contribution in [0.25, 0.3) is 77.6 Å². The standard InChI is InChI=1S/C39H25N3/c1-3-10-26(11-4-1)27-18-22-31(23-19-27)38-40-37(30-13-5-2-6-14-30)41-39(42-38)35-17-9-16-34-33(35)25-24-29-21-20-28-12-7-8-15-32(28)36(29)34/h1-25H. The maximum atomic E-state index is 5.07. The molecule has 0 aliphatic heterocycles. The predicted octanol–water partition coefficient (Wildman–Crippen LogP) is 10.00. The van der Waals surface area contributed by atoms with Crippen LogP contribution >= 0.6 is 0 Å². The Morgan fingerprint density at radius 3 is 1.57 bits per heavy atom. The lowest BCUT2D eigenvalue weighted by Gasteiger charge is -2.13. The monoisotopic (exact) mass is 535 g/mol. The second kappa shape index (κ2) is 10.1. The van der Waals surface area contributed by atoms with Crippen molar-refractivity contribution in [3.05, 3.63) is 152 Å². The van der Waals surface area contributed by atoms with Gasteiger partial charge in [0.1, 0.15) is 0 Å². The highest BCUT2D eigenvalue weighted by Crippen LogP contribution is 2.36. The summed E-state index contributed by atoms with van der Waals surface area (Å²) in [5, 5.41) is 7.27. The highest BCUT2D eigenvalue weighted by Gasteiger charge is 2.16. The molecule has 1 aromatic heterocycles. The van der Waals surface area contributed by atoms with Crippen molar-refractivity contribution in [2.45, 2.75) is 0 Å². The first kappa shape index (κ1) is 24.2. The lowest BCUT2D eigenvalue weighted by molar-refractivity contribution is 1.08. The number of hydrogen-bond donors (Lipinski definition) is 0. The lowest BCUT2D eigenvalue weighted by atomic mass is 9.94. The molecule has 1 heterocycles. The van der Waals surface area contributed by atoms with Crippen molar-refractivity contribution in [1.82, 2.24) is 15.0 Å². The molecule has 0 bridgehead atoms. The van der Waals surface area contributed by atoms with Crippen LogP contribution in [-0.2, 0) is 0 Å². The Balaban J connectivity index is 1.34. The van der Waals surface area contributed by atoms with E-state index in [-0.39, 0.29) is 0 Å². The molecule has 0 saturated heterocycles. The molecule has 8 rings (SSSR count). The highest BCUT2D eigenvalue weighted by atomic mass is 15.0. The third-order valence-electron chi connectivity index (χ3n) is 7.92. The van der Waals surface area contributed by atoms with Crippen LogP contribution in [0.3, 0.4) is 0 Å². The number of fused-ring (bicyclic) bond motifs is 5. The SMILES string of the molecule is c1ccc(-c2ccc(-c3nc(-c4ccccc4)nc(-c4cccc5c4ccc4ccc6ccccc6c45)n3)cc2)cc1. The second-order valence-corrected chi connectivity index (χ2v) is 10.5. The van der Waals surface area contributed by atoms with Crippen molar-refractivity contribution in [2.75, 3.05) is 0 Å². The van der Waals surface area contributed by atoms with Crippen molar-refractivity contribution in [2.24, 2.45) is 0 Å². The summed E-state index contributed by atoms with van der Waals surface area (Å²) in [6, 6.07) is 52.8. The zero-order valence-electron chi connectivity index (χ0n) is 22.8. The van der Waals surface area contributed by atoms with Gasteiger partial charge in [0.2, 0.25) is 0 Å². The molecule has 0 unspecified atom stereocenters. The predicted molar refractivity (Wildman–Crippen MR) is 174 cm³/mol. The van der Waals surface area contributed by atoms with E-state index in [0.717, 1.165) is 27.6 Å². The Labute approximate surface area is 243 Å². The second-order valence-electron chi connectivity index (χ2n) is 10.5. The molecule has 8 aromatic rings. The van der Waals surface area contributed by atoms with Crippen LogP contribution in [0, 0.1) is 0 Å². The molecule has 0 aliphatic carbocycles. The quantitative estimate of drug-likeness (QED) is 0.211. The van der Waals surface area contributed by atoms with Gasteiger partial charge in [-0.3, -0.25) is 0 Å². The number of benzene rings is 7. The number of aromatic nitrogens is 3. The molecule has 0 radical (unpaired) electrons. The van der Waals surface area contributed by atoms with Gasteiger partial charge in [-0.05, 0) is 43.4 Å². The maximum absolute atomic E-state index is 5.07. The minimum atomic E-state index is 0.654. The van der Waals surface area contributed by atoms with Gasteiger partial charge in [0.05, 0.1) is 0 Å². The lowest BCUT2D eigenvalue weighted by Crippen LogP contribution is -2.00. The van der Waals surface area contributed by atoms with Gasteiger partial charge in [-0.1, -0.05) is 152 Å². The normalized spacial score (nSPS) is 11.3. The molecule has 3 nitrogen and oxygen atoms in total. The van der Waals surface area contributed by atoms with Crippen molar-refractivity contribution >= 4 is 32.3 Å². The Bertz CT molecular complexity index is 2220. The van der Waals surface area contributed by atoms with Crippen molar-refractivity contribution in [3.63, 3.8) is 0 Å². The van der Waals surface area contributed by atoms with E-state index in [1.54, 1.807) is 0 Å². The summed E-state index contributed by atoms with van der Waals surface area (Å²) in [5.41, 5.74) is 5.24. The average Bonchev–Trinajstić information content (AvgIpc) is 3.08. The summed E-state index contributed by atoms with van der Waals surface area (Å²) in [7, 11) is 0. The zero-order chi connectivity index (χ0) is 27.9. The van der Waals surface area contributed by atoms with Crippen LogP contribution < -0.4 is 0 Å². The van der Waals surface area contributed by atoms with Gasteiger partial charge in [0.15, 0.2) is 17.5 Å². The van der Waals surface area contributed by atoms with E-state index in [2.05, 4.69) is 115 Å². The molecule has 0 atom stereocenters. The first-order valence-electron chi connectivity index (χ1n) is 14.1. The smallest absolute Gasteiger partial charge is 0.164 e. The van der Waals surface area contributed by atoms with Crippen LogP contribution in [0.4, 0.5) is 0 Å². The maximum Gasteiger partial charge on any atom is 0.164 e. The van der Waals surface area contributed by atoms with Crippen LogP contribution in [0.1, 0.15) is 0 Å². The van der Waals surface area contributed by atoms with Gasteiger partial charge in [0, 0.05) is 16.7 Å². The minimum absolute atomic E-state index is 0.654. The first-order valence-corrected chi connectivity index (χ1v) is 14.1. The molecular weight excluding hydrogens is 510 g/mol. The molecule has 0 amide bonds. The third kappa shape index (κ3) is 4.20. The van der Waals surface area contributed by atoms with Crippen LogP contribution in [0.2, 0.25) is 0 Å². The number of rotatable bonds is 4. The largest absolute Gasteiger partial charge is 0.208 e. The highest BCUT2D eigenvalue weighted by molar-refractivity contribution is 6.21. The van der Waals surface area contributed by atoms with Gasteiger partial charge < -0.3 is 0 Å². The Morgan fingerprint density at radius 2 is 0.810 bits per heavy atom. The van der Waals surface area contributed by atoms with Crippen molar-refractivity contribution in [1.29, 1.82) is 0 Å².